The third-order valence-electron chi connectivity index (χ3n) is 4.38. The van der Waals surface area contributed by atoms with Crippen LogP contribution in [0.1, 0.15) is 17.3 Å². The molecule has 0 aliphatic carbocycles. The van der Waals surface area contributed by atoms with E-state index in [1.165, 1.54) is 0 Å². The first-order chi connectivity index (χ1) is 12.6. The van der Waals surface area contributed by atoms with E-state index in [1.54, 1.807) is 42.2 Å². The number of methoxy groups -OCH3 is 1. The topological polar surface area (TPSA) is 74.8 Å². The maximum absolute atomic E-state index is 12.7. The fourth-order valence-electron chi connectivity index (χ4n) is 2.86. The van der Waals surface area contributed by atoms with Gasteiger partial charge in [-0.1, -0.05) is 0 Å². The summed E-state index contributed by atoms with van der Waals surface area (Å²) in [5, 5.41) is 3.19. The fourth-order valence-corrected chi connectivity index (χ4v) is 2.86. The van der Waals surface area contributed by atoms with Crippen LogP contribution in [0.15, 0.2) is 42.6 Å². The zero-order valence-electron chi connectivity index (χ0n) is 14.9. The molecule has 0 spiro atoms. The summed E-state index contributed by atoms with van der Waals surface area (Å²) < 4.78 is 5.14. The summed E-state index contributed by atoms with van der Waals surface area (Å²) in [5.41, 5.74) is 1.44. The van der Waals surface area contributed by atoms with E-state index < -0.39 is 0 Å². The molecule has 1 aromatic carbocycles. The van der Waals surface area contributed by atoms with E-state index in [4.69, 9.17) is 4.74 Å². The first-order valence-electron chi connectivity index (χ1n) is 8.49. The van der Waals surface area contributed by atoms with E-state index >= 15 is 0 Å². The predicted molar refractivity (Wildman–Crippen MR) is 98.7 cm³/mol. The first kappa shape index (κ1) is 17.7. The summed E-state index contributed by atoms with van der Waals surface area (Å²) in [6, 6.07) is 10.9. The van der Waals surface area contributed by atoms with E-state index in [-0.39, 0.29) is 11.8 Å². The van der Waals surface area contributed by atoms with E-state index in [1.807, 2.05) is 24.3 Å². The summed E-state index contributed by atoms with van der Waals surface area (Å²) >= 11 is 0. The van der Waals surface area contributed by atoms with Gasteiger partial charge in [-0.25, -0.2) is 4.98 Å². The Balaban J connectivity index is 1.66. The number of pyridine rings is 1. The van der Waals surface area contributed by atoms with Gasteiger partial charge in [0.2, 0.25) is 5.91 Å². The van der Waals surface area contributed by atoms with Gasteiger partial charge in [0, 0.05) is 50.6 Å². The van der Waals surface area contributed by atoms with E-state index in [0.29, 0.717) is 37.6 Å². The second kappa shape index (κ2) is 7.86. The third kappa shape index (κ3) is 4.11. The van der Waals surface area contributed by atoms with Gasteiger partial charge in [0.1, 0.15) is 11.6 Å². The number of rotatable bonds is 4. The van der Waals surface area contributed by atoms with Crippen LogP contribution in [-0.2, 0) is 4.79 Å². The minimum Gasteiger partial charge on any atom is -0.497 e. The van der Waals surface area contributed by atoms with Crippen LogP contribution in [0.25, 0.3) is 0 Å². The molecule has 0 bridgehead atoms. The van der Waals surface area contributed by atoms with Crippen LogP contribution in [0.2, 0.25) is 0 Å². The van der Waals surface area contributed by atoms with Crippen LogP contribution in [-0.4, -0.2) is 59.9 Å². The van der Waals surface area contributed by atoms with Crippen molar-refractivity contribution in [1.29, 1.82) is 0 Å². The van der Waals surface area contributed by atoms with Crippen molar-refractivity contribution in [2.24, 2.45) is 0 Å². The molecule has 2 aromatic rings. The number of hydrogen-bond donors (Lipinski definition) is 1. The molecule has 26 heavy (non-hydrogen) atoms. The third-order valence-corrected chi connectivity index (χ3v) is 4.38. The molecular formula is C19H22N4O3. The predicted octanol–water partition coefficient (Wildman–Crippen LogP) is 2.14. The Labute approximate surface area is 152 Å². The Morgan fingerprint density at radius 1 is 1.04 bits per heavy atom. The Hall–Kier alpha value is -3.09. The first-order valence-corrected chi connectivity index (χ1v) is 8.49. The molecule has 0 atom stereocenters. The Kier molecular flexibility index (Phi) is 5.36. The van der Waals surface area contributed by atoms with Gasteiger partial charge in [-0.3, -0.25) is 9.59 Å². The van der Waals surface area contributed by atoms with Crippen LogP contribution in [0.3, 0.4) is 0 Å². The number of nitrogens with zero attached hydrogens (tertiary/aromatic N) is 3. The number of amides is 2. The van der Waals surface area contributed by atoms with Crippen LogP contribution in [0.5, 0.6) is 5.75 Å². The van der Waals surface area contributed by atoms with E-state index in [9.17, 15) is 9.59 Å². The van der Waals surface area contributed by atoms with Gasteiger partial charge >= 0.3 is 0 Å². The number of aromatic nitrogens is 1. The summed E-state index contributed by atoms with van der Waals surface area (Å²) in [6.07, 6.45) is 1.62. The lowest BCUT2D eigenvalue weighted by molar-refractivity contribution is -0.130. The molecule has 1 aromatic heterocycles. The molecule has 1 aliphatic heterocycles. The molecule has 1 N–H and O–H groups in total. The van der Waals surface area contributed by atoms with Crippen LogP contribution in [0, 0.1) is 0 Å². The molecular weight excluding hydrogens is 332 g/mol. The zero-order chi connectivity index (χ0) is 18.5. The minimum atomic E-state index is -0.0478. The Bertz CT molecular complexity index is 784. The van der Waals surface area contributed by atoms with E-state index in [0.717, 1.165) is 11.4 Å². The lowest BCUT2D eigenvalue weighted by Gasteiger charge is -2.34. The molecule has 7 nitrogen and oxygen atoms in total. The molecule has 1 saturated heterocycles. The highest BCUT2D eigenvalue weighted by Crippen LogP contribution is 2.20. The van der Waals surface area contributed by atoms with Gasteiger partial charge in [0.15, 0.2) is 0 Å². The fraction of sp³-hybridized carbons (Fsp3) is 0.316. The molecule has 0 unspecified atom stereocenters. The molecule has 1 fully saturated rings. The van der Waals surface area contributed by atoms with Crippen molar-refractivity contribution in [3.63, 3.8) is 0 Å². The van der Waals surface area contributed by atoms with Gasteiger partial charge in [0.25, 0.3) is 5.91 Å². The number of hydrogen-bond acceptors (Lipinski definition) is 5. The van der Waals surface area contributed by atoms with Crippen molar-refractivity contribution < 1.29 is 14.3 Å². The molecule has 3 rings (SSSR count). The second-order valence-corrected chi connectivity index (χ2v) is 6.08. The normalized spacial score (nSPS) is 14.1. The van der Waals surface area contributed by atoms with Crippen molar-refractivity contribution in [2.45, 2.75) is 6.92 Å². The van der Waals surface area contributed by atoms with Crippen molar-refractivity contribution >= 4 is 23.3 Å². The zero-order valence-corrected chi connectivity index (χ0v) is 14.9. The largest absolute Gasteiger partial charge is 0.497 e. The maximum atomic E-state index is 12.7. The average Bonchev–Trinajstić information content (AvgIpc) is 2.68. The average molecular weight is 354 g/mol. The van der Waals surface area contributed by atoms with Crippen molar-refractivity contribution in [3.8, 4) is 5.75 Å². The van der Waals surface area contributed by atoms with Crippen LogP contribution < -0.4 is 10.1 Å². The minimum absolute atomic E-state index is 0.0478. The number of piperazine rings is 1. The number of ether oxygens (including phenoxy) is 1. The van der Waals surface area contributed by atoms with Crippen molar-refractivity contribution in [1.82, 2.24) is 14.8 Å². The van der Waals surface area contributed by atoms with Gasteiger partial charge in [0.05, 0.1) is 7.11 Å². The van der Waals surface area contributed by atoms with Gasteiger partial charge < -0.3 is 19.9 Å². The van der Waals surface area contributed by atoms with Gasteiger partial charge in [-0.05, 0) is 36.4 Å². The Morgan fingerprint density at radius 3 is 2.31 bits per heavy atom. The lowest BCUT2D eigenvalue weighted by Crippen LogP contribution is -2.50. The number of anilines is 2. The maximum Gasteiger partial charge on any atom is 0.254 e. The Morgan fingerprint density at radius 2 is 1.69 bits per heavy atom. The second-order valence-electron chi connectivity index (χ2n) is 6.08. The van der Waals surface area contributed by atoms with Crippen molar-refractivity contribution in [2.75, 3.05) is 38.6 Å². The number of benzene rings is 1. The van der Waals surface area contributed by atoms with Crippen molar-refractivity contribution in [3.05, 3.63) is 48.2 Å². The monoisotopic (exact) mass is 354 g/mol. The highest BCUT2D eigenvalue weighted by Gasteiger charge is 2.23. The molecule has 0 saturated carbocycles. The highest BCUT2D eigenvalue weighted by molar-refractivity contribution is 5.95. The van der Waals surface area contributed by atoms with Crippen LogP contribution >= 0.6 is 0 Å². The number of nitrogens with one attached hydrogen (secondary N) is 1. The summed E-state index contributed by atoms with van der Waals surface area (Å²) in [4.78, 5) is 31.9. The van der Waals surface area contributed by atoms with Gasteiger partial charge in [-0.2, -0.15) is 0 Å². The standard InChI is InChI=1S/C19H22N4O3/c1-14(24)22-9-11-23(12-10-22)19(25)15-7-8-20-18(13-15)21-16-3-5-17(26-2)6-4-16/h3-8,13H,9-12H2,1-2H3,(H,20,21). The molecule has 136 valence electrons. The highest BCUT2D eigenvalue weighted by atomic mass is 16.5. The van der Waals surface area contributed by atoms with E-state index in [2.05, 4.69) is 10.3 Å². The summed E-state index contributed by atoms with van der Waals surface area (Å²) in [5.74, 6) is 1.38. The molecule has 2 heterocycles. The molecule has 7 heteroatoms. The van der Waals surface area contributed by atoms with Crippen LogP contribution in [0.4, 0.5) is 11.5 Å². The summed E-state index contributed by atoms with van der Waals surface area (Å²) in [6.45, 7) is 3.79. The lowest BCUT2D eigenvalue weighted by atomic mass is 10.2. The number of carbonyl (C=O) groups excluding carboxylic acids is 2. The molecule has 0 radical (unpaired) electrons. The quantitative estimate of drug-likeness (QED) is 0.910. The smallest absolute Gasteiger partial charge is 0.254 e. The number of carbonyl (C=O) groups is 2. The van der Waals surface area contributed by atoms with Gasteiger partial charge in [-0.15, -0.1) is 0 Å². The molecule has 1 aliphatic rings. The summed E-state index contributed by atoms with van der Waals surface area (Å²) in [7, 11) is 1.62. The SMILES string of the molecule is COc1ccc(Nc2cc(C(=O)N3CCN(C(C)=O)CC3)ccn2)cc1. The molecule has 2 amide bonds.